The predicted octanol–water partition coefficient (Wildman–Crippen LogP) is 3.52. The van der Waals surface area contributed by atoms with Crippen molar-refractivity contribution in [2.45, 2.75) is 18.9 Å². The molecule has 28 heavy (non-hydrogen) atoms. The van der Waals surface area contributed by atoms with Crippen LogP contribution in [0, 0.1) is 5.82 Å². The fourth-order valence-corrected chi connectivity index (χ4v) is 4.12. The average molecular weight is 400 g/mol. The van der Waals surface area contributed by atoms with E-state index in [2.05, 4.69) is 17.0 Å². The molecule has 1 aromatic carbocycles. The lowest BCUT2D eigenvalue weighted by molar-refractivity contribution is 0.0966. The fraction of sp³-hybridized carbons (Fsp3) is 0.300. The summed E-state index contributed by atoms with van der Waals surface area (Å²) in [4.78, 5) is 17.9. The zero-order valence-electron chi connectivity index (χ0n) is 15.5. The van der Waals surface area contributed by atoms with Crippen molar-refractivity contribution in [3.63, 3.8) is 0 Å². The van der Waals surface area contributed by atoms with Crippen LogP contribution in [0.2, 0.25) is 0 Å². The van der Waals surface area contributed by atoms with E-state index in [1.54, 1.807) is 17.2 Å². The molecule has 1 fully saturated rings. The number of hydrogen-bond acceptors (Lipinski definition) is 5. The minimum absolute atomic E-state index is 0.0586. The molecule has 0 unspecified atom stereocenters. The number of anilines is 1. The highest BCUT2D eigenvalue weighted by Gasteiger charge is 2.31. The first-order valence-electron chi connectivity index (χ1n) is 9.13. The van der Waals surface area contributed by atoms with E-state index in [-0.39, 0.29) is 11.9 Å². The Morgan fingerprint density at radius 3 is 2.75 bits per heavy atom. The third-order valence-electron chi connectivity index (χ3n) is 5.02. The number of halogens is 1. The number of piperidine rings is 1. The Balaban J connectivity index is 1.67. The third-order valence-corrected chi connectivity index (χ3v) is 5.88. The predicted molar refractivity (Wildman–Crippen MR) is 107 cm³/mol. The maximum absolute atomic E-state index is 13.3. The van der Waals surface area contributed by atoms with Gasteiger partial charge < -0.3 is 10.0 Å². The van der Waals surface area contributed by atoms with Gasteiger partial charge in [-0.05, 0) is 56.6 Å². The number of aromatic nitrogens is 2. The molecule has 1 N–H and O–H groups in total. The summed E-state index contributed by atoms with van der Waals surface area (Å²) >= 11 is 1.41. The third kappa shape index (κ3) is 3.65. The first kappa shape index (κ1) is 18.6. The fourth-order valence-electron chi connectivity index (χ4n) is 3.46. The number of thiophene rings is 1. The molecule has 3 heterocycles. The number of benzene rings is 1. The van der Waals surface area contributed by atoms with Gasteiger partial charge in [-0.15, -0.1) is 16.4 Å². The van der Waals surface area contributed by atoms with E-state index in [4.69, 9.17) is 0 Å². The number of rotatable bonds is 4. The zero-order valence-corrected chi connectivity index (χ0v) is 16.3. The maximum atomic E-state index is 13.3. The highest BCUT2D eigenvalue weighted by molar-refractivity contribution is 7.12. The zero-order chi connectivity index (χ0) is 19.7. The number of nitrogens with zero attached hydrogens (tertiary/aromatic N) is 4. The van der Waals surface area contributed by atoms with Crippen LogP contribution in [0.5, 0.6) is 5.75 Å². The lowest BCUT2D eigenvalue weighted by Crippen LogP contribution is -2.47. The van der Waals surface area contributed by atoms with Gasteiger partial charge in [-0.3, -0.25) is 9.69 Å². The first-order chi connectivity index (χ1) is 13.5. The lowest BCUT2D eigenvalue weighted by atomic mass is 10.0. The van der Waals surface area contributed by atoms with Crippen LogP contribution in [-0.4, -0.2) is 51.9 Å². The van der Waals surface area contributed by atoms with Crippen molar-refractivity contribution in [3.05, 3.63) is 58.7 Å². The number of aromatic hydroxyl groups is 1. The monoisotopic (exact) mass is 400 g/mol. The van der Waals surface area contributed by atoms with Crippen molar-refractivity contribution in [1.29, 1.82) is 0 Å². The number of amides is 1. The van der Waals surface area contributed by atoms with Crippen molar-refractivity contribution in [1.82, 2.24) is 14.7 Å². The molecule has 0 aliphatic carbocycles. The van der Waals surface area contributed by atoms with E-state index >= 15 is 0 Å². The van der Waals surface area contributed by atoms with Crippen molar-refractivity contribution < 1.29 is 14.3 Å². The molecule has 1 aliphatic rings. The molecule has 1 saturated heterocycles. The van der Waals surface area contributed by atoms with Crippen molar-refractivity contribution in [2.24, 2.45) is 0 Å². The molecule has 0 atom stereocenters. The quantitative estimate of drug-likeness (QED) is 0.728. The Labute approximate surface area is 166 Å². The van der Waals surface area contributed by atoms with Crippen LogP contribution in [0.25, 0.3) is 5.69 Å². The van der Waals surface area contributed by atoms with Crippen LogP contribution in [0.3, 0.4) is 0 Å². The second kappa shape index (κ2) is 7.73. The summed E-state index contributed by atoms with van der Waals surface area (Å²) < 4.78 is 14.9. The molecule has 0 bridgehead atoms. The summed E-state index contributed by atoms with van der Waals surface area (Å²) in [5, 5.41) is 16.1. The molecule has 1 amide bonds. The van der Waals surface area contributed by atoms with Gasteiger partial charge in [0.25, 0.3) is 5.91 Å². The van der Waals surface area contributed by atoms with Gasteiger partial charge in [0, 0.05) is 24.4 Å². The SMILES string of the molecule is CN1CCC(N(C(=O)c2cccs2)c2ccn(-c3ccc(F)c(O)c3)n2)CC1. The van der Waals surface area contributed by atoms with Gasteiger partial charge in [0.15, 0.2) is 17.4 Å². The van der Waals surface area contributed by atoms with Crippen molar-refractivity contribution in [2.75, 3.05) is 25.0 Å². The molecule has 4 rings (SSSR count). The Morgan fingerprint density at radius 2 is 2.07 bits per heavy atom. The lowest BCUT2D eigenvalue weighted by Gasteiger charge is -2.36. The molecule has 6 nitrogen and oxygen atoms in total. The van der Waals surface area contributed by atoms with Crippen molar-refractivity contribution >= 4 is 23.1 Å². The van der Waals surface area contributed by atoms with Gasteiger partial charge >= 0.3 is 0 Å². The number of carbonyl (C=O) groups excluding carboxylic acids is 1. The first-order valence-corrected chi connectivity index (χ1v) is 10.0. The van der Waals surface area contributed by atoms with Crippen LogP contribution in [0.4, 0.5) is 10.2 Å². The number of phenolic OH excluding ortho intramolecular Hbond substituents is 1. The second-order valence-corrected chi connectivity index (χ2v) is 7.89. The van der Waals surface area contributed by atoms with E-state index in [1.807, 2.05) is 17.5 Å². The molecular weight excluding hydrogens is 379 g/mol. The Hall–Kier alpha value is -2.71. The summed E-state index contributed by atoms with van der Waals surface area (Å²) in [6.45, 7) is 1.84. The van der Waals surface area contributed by atoms with Crippen LogP contribution >= 0.6 is 11.3 Å². The molecule has 146 valence electrons. The summed E-state index contributed by atoms with van der Waals surface area (Å²) in [5.41, 5.74) is 0.525. The molecule has 0 saturated carbocycles. The smallest absolute Gasteiger partial charge is 0.269 e. The minimum atomic E-state index is -0.683. The Morgan fingerprint density at radius 1 is 1.29 bits per heavy atom. The number of likely N-dealkylation sites (tertiary alicyclic amines) is 1. The number of carbonyl (C=O) groups is 1. The van der Waals surface area contributed by atoms with Crippen LogP contribution in [0.15, 0.2) is 48.0 Å². The average Bonchev–Trinajstić information content (AvgIpc) is 3.38. The van der Waals surface area contributed by atoms with Crippen LogP contribution in [-0.2, 0) is 0 Å². The standard InChI is InChI=1S/C20H21FN4O2S/c1-23-9-6-14(7-10-23)25(20(27)18-3-2-12-28-18)19-8-11-24(22-19)15-4-5-16(21)17(26)13-15/h2-5,8,11-14,26H,6-7,9-10H2,1H3. The van der Waals surface area contributed by atoms with E-state index in [1.165, 1.54) is 34.2 Å². The minimum Gasteiger partial charge on any atom is -0.505 e. The Kier molecular flexibility index (Phi) is 5.15. The molecular formula is C20H21FN4O2S. The molecule has 2 aromatic heterocycles. The second-order valence-electron chi connectivity index (χ2n) is 6.94. The maximum Gasteiger partial charge on any atom is 0.269 e. The summed E-state index contributed by atoms with van der Waals surface area (Å²) in [6, 6.07) is 9.58. The van der Waals surface area contributed by atoms with E-state index in [0.717, 1.165) is 25.9 Å². The Bertz CT molecular complexity index is 965. The number of hydrogen-bond donors (Lipinski definition) is 1. The van der Waals surface area contributed by atoms with Gasteiger partial charge in [0.05, 0.1) is 10.6 Å². The molecule has 0 radical (unpaired) electrons. The summed E-state index contributed by atoms with van der Waals surface area (Å²) in [6.07, 6.45) is 3.46. The normalized spacial score (nSPS) is 15.6. The van der Waals surface area contributed by atoms with E-state index < -0.39 is 11.6 Å². The summed E-state index contributed by atoms with van der Waals surface area (Å²) in [7, 11) is 2.08. The molecule has 0 spiro atoms. The van der Waals surface area contributed by atoms with Crippen LogP contribution < -0.4 is 4.90 Å². The molecule has 1 aliphatic heterocycles. The topological polar surface area (TPSA) is 61.6 Å². The van der Waals surface area contributed by atoms with Gasteiger partial charge in [-0.1, -0.05) is 6.07 Å². The van der Waals surface area contributed by atoms with Gasteiger partial charge in [0.2, 0.25) is 0 Å². The number of phenols is 1. The highest BCUT2D eigenvalue weighted by atomic mass is 32.1. The molecule has 8 heteroatoms. The van der Waals surface area contributed by atoms with E-state index in [0.29, 0.717) is 16.4 Å². The van der Waals surface area contributed by atoms with Gasteiger partial charge in [-0.2, -0.15) is 0 Å². The van der Waals surface area contributed by atoms with Gasteiger partial charge in [-0.25, -0.2) is 9.07 Å². The van der Waals surface area contributed by atoms with Crippen molar-refractivity contribution in [3.8, 4) is 11.4 Å². The van der Waals surface area contributed by atoms with Crippen LogP contribution in [0.1, 0.15) is 22.5 Å². The largest absolute Gasteiger partial charge is 0.505 e. The highest BCUT2D eigenvalue weighted by Crippen LogP contribution is 2.27. The summed E-state index contributed by atoms with van der Waals surface area (Å²) in [5.74, 6) is -0.623. The van der Waals surface area contributed by atoms with Gasteiger partial charge in [0.1, 0.15) is 0 Å². The van der Waals surface area contributed by atoms with E-state index in [9.17, 15) is 14.3 Å². The molecule has 3 aromatic rings.